The molecule has 0 fully saturated rings. The molecule has 4 rings (SSSR count). The molecule has 1 aliphatic heterocycles. The molecule has 2 aromatic heterocycles. The zero-order valence-electron chi connectivity index (χ0n) is 16.8. The van der Waals surface area contributed by atoms with Crippen LogP contribution in [0.4, 0.5) is 0 Å². The molecule has 7 heteroatoms. The average Bonchev–Trinajstić information content (AvgIpc) is 2.70. The summed E-state index contributed by atoms with van der Waals surface area (Å²) in [4.78, 5) is 44.5. The minimum atomic E-state index is -0.631. The van der Waals surface area contributed by atoms with Crippen LogP contribution in [0.15, 0.2) is 52.4 Å². The van der Waals surface area contributed by atoms with E-state index in [0.717, 1.165) is 11.1 Å². The van der Waals surface area contributed by atoms with Gasteiger partial charge in [0.05, 0.1) is 17.2 Å². The molecule has 1 aromatic carbocycles. The summed E-state index contributed by atoms with van der Waals surface area (Å²) in [5.74, 6) is -0.177. The maximum Gasteiger partial charge on any atom is 0.261 e. The van der Waals surface area contributed by atoms with E-state index in [0.29, 0.717) is 30.4 Å². The number of amides is 1. The summed E-state index contributed by atoms with van der Waals surface area (Å²) in [5.41, 5.74) is 2.33. The summed E-state index contributed by atoms with van der Waals surface area (Å²) in [5, 5.41) is 0.507. The van der Waals surface area contributed by atoms with Gasteiger partial charge in [-0.15, -0.1) is 0 Å². The van der Waals surface area contributed by atoms with Gasteiger partial charge in [0.1, 0.15) is 6.04 Å². The van der Waals surface area contributed by atoms with Crippen molar-refractivity contribution in [2.45, 2.75) is 32.9 Å². The van der Waals surface area contributed by atoms with Crippen LogP contribution in [-0.2, 0) is 24.8 Å². The number of nitrogens with zero attached hydrogens (tertiary/aromatic N) is 4. The van der Waals surface area contributed by atoms with Crippen LogP contribution >= 0.6 is 0 Å². The van der Waals surface area contributed by atoms with Gasteiger partial charge in [-0.3, -0.25) is 19.0 Å². The highest BCUT2D eigenvalue weighted by Crippen LogP contribution is 2.24. The van der Waals surface area contributed by atoms with Gasteiger partial charge in [0.25, 0.3) is 11.1 Å². The lowest BCUT2D eigenvalue weighted by molar-refractivity contribution is -0.137. The molecule has 0 aliphatic carbocycles. The minimum Gasteiger partial charge on any atom is -0.336 e. The second-order valence-corrected chi connectivity index (χ2v) is 7.95. The van der Waals surface area contributed by atoms with Crippen molar-refractivity contribution in [1.29, 1.82) is 0 Å². The van der Waals surface area contributed by atoms with Gasteiger partial charge in [-0.25, -0.2) is 4.98 Å². The van der Waals surface area contributed by atoms with Crippen LogP contribution in [-0.4, -0.2) is 31.5 Å². The highest BCUT2D eigenvalue weighted by Gasteiger charge is 2.32. The van der Waals surface area contributed by atoms with E-state index in [4.69, 9.17) is 0 Å². The van der Waals surface area contributed by atoms with E-state index in [9.17, 15) is 14.4 Å². The molecule has 150 valence electrons. The van der Waals surface area contributed by atoms with Crippen LogP contribution in [0, 0.1) is 5.92 Å². The average molecular weight is 392 g/mol. The molecular formula is C22H24N4O3. The van der Waals surface area contributed by atoms with Crippen LogP contribution in [0.1, 0.15) is 31.0 Å². The van der Waals surface area contributed by atoms with E-state index in [-0.39, 0.29) is 22.9 Å². The molecule has 1 atom stereocenters. The number of aromatic nitrogens is 3. The van der Waals surface area contributed by atoms with Crippen LogP contribution in [0.5, 0.6) is 0 Å². The molecule has 0 saturated heterocycles. The number of fused-ring (bicyclic) bond motifs is 2. The number of pyridine rings is 1. The highest BCUT2D eigenvalue weighted by molar-refractivity contribution is 5.82. The summed E-state index contributed by atoms with van der Waals surface area (Å²) in [6, 6.07) is 8.18. The van der Waals surface area contributed by atoms with Gasteiger partial charge in [-0.05, 0) is 35.6 Å². The standard InChI is InChI=1S/C22H24N4O3/c1-14(2)20(26-13-23-18-7-5-4-6-17(18)21(26)28)22(29)25-9-8-15-10-19(27)24(3)11-16(15)12-25/h4-7,10-11,13-14,20H,8-9,12H2,1-3H3. The summed E-state index contributed by atoms with van der Waals surface area (Å²) in [7, 11) is 1.71. The van der Waals surface area contributed by atoms with Gasteiger partial charge in [-0.2, -0.15) is 0 Å². The normalized spacial score (nSPS) is 14.8. The summed E-state index contributed by atoms with van der Waals surface area (Å²) in [6.07, 6.45) is 3.91. The molecule has 0 bridgehead atoms. The first-order valence-electron chi connectivity index (χ1n) is 9.80. The fraction of sp³-hybridized carbons (Fsp3) is 0.364. The van der Waals surface area contributed by atoms with Gasteiger partial charge in [0.15, 0.2) is 0 Å². The first-order valence-corrected chi connectivity index (χ1v) is 9.80. The van der Waals surface area contributed by atoms with Gasteiger partial charge in [-0.1, -0.05) is 26.0 Å². The fourth-order valence-electron chi connectivity index (χ4n) is 4.02. The zero-order valence-corrected chi connectivity index (χ0v) is 16.8. The molecule has 1 amide bonds. The fourth-order valence-corrected chi connectivity index (χ4v) is 4.02. The van der Waals surface area contributed by atoms with Crippen LogP contribution in [0.25, 0.3) is 10.9 Å². The van der Waals surface area contributed by atoms with E-state index in [1.807, 2.05) is 19.9 Å². The molecule has 29 heavy (non-hydrogen) atoms. The van der Waals surface area contributed by atoms with Crippen LogP contribution in [0.3, 0.4) is 0 Å². The first kappa shape index (κ1) is 19.1. The van der Waals surface area contributed by atoms with Crippen molar-refractivity contribution in [3.8, 4) is 0 Å². The predicted molar refractivity (Wildman–Crippen MR) is 111 cm³/mol. The van der Waals surface area contributed by atoms with Crippen LogP contribution in [0.2, 0.25) is 0 Å². The molecular weight excluding hydrogens is 368 g/mol. The van der Waals surface area contributed by atoms with E-state index in [1.54, 1.807) is 42.4 Å². The van der Waals surface area contributed by atoms with Crippen molar-refractivity contribution in [2.75, 3.05) is 6.54 Å². The molecule has 0 radical (unpaired) electrons. The Bertz CT molecular complexity index is 1210. The lowest BCUT2D eigenvalue weighted by atomic mass is 9.98. The third-order valence-corrected chi connectivity index (χ3v) is 5.61. The number of benzene rings is 1. The Morgan fingerprint density at radius 3 is 2.66 bits per heavy atom. The third-order valence-electron chi connectivity index (χ3n) is 5.61. The SMILES string of the molecule is CC(C)C(C(=O)N1CCc2cc(=O)n(C)cc2C1)n1cnc2ccccc2c1=O. The van der Waals surface area contributed by atoms with Crippen molar-refractivity contribution in [3.05, 3.63) is 74.7 Å². The van der Waals surface area contributed by atoms with Gasteiger partial charge < -0.3 is 9.47 Å². The van der Waals surface area contributed by atoms with Crippen molar-refractivity contribution >= 4 is 16.8 Å². The number of carbonyl (C=O) groups excluding carboxylic acids is 1. The summed E-state index contributed by atoms with van der Waals surface area (Å²) in [6.45, 7) is 4.83. The van der Waals surface area contributed by atoms with E-state index >= 15 is 0 Å². The van der Waals surface area contributed by atoms with Crippen LogP contribution < -0.4 is 11.1 Å². The molecule has 7 nitrogen and oxygen atoms in total. The van der Waals surface area contributed by atoms with Crippen molar-refractivity contribution in [3.63, 3.8) is 0 Å². The maximum atomic E-state index is 13.5. The van der Waals surface area contributed by atoms with Crippen molar-refractivity contribution in [1.82, 2.24) is 19.0 Å². The number of hydrogen-bond acceptors (Lipinski definition) is 4. The summed E-state index contributed by atoms with van der Waals surface area (Å²) < 4.78 is 3.00. The largest absolute Gasteiger partial charge is 0.336 e. The lowest BCUT2D eigenvalue weighted by Crippen LogP contribution is -2.45. The van der Waals surface area contributed by atoms with Crippen molar-refractivity contribution < 1.29 is 4.79 Å². The third kappa shape index (κ3) is 3.37. The number of aryl methyl sites for hydroxylation is 1. The lowest BCUT2D eigenvalue weighted by Gasteiger charge is -2.33. The molecule has 0 saturated carbocycles. The van der Waals surface area contributed by atoms with E-state index < -0.39 is 6.04 Å². The Labute approximate surface area is 168 Å². The summed E-state index contributed by atoms with van der Waals surface area (Å²) >= 11 is 0. The number of rotatable bonds is 3. The monoisotopic (exact) mass is 392 g/mol. The second-order valence-electron chi connectivity index (χ2n) is 7.95. The Kier molecular flexibility index (Phi) is 4.82. The Morgan fingerprint density at radius 1 is 1.14 bits per heavy atom. The maximum absolute atomic E-state index is 13.5. The van der Waals surface area contributed by atoms with Gasteiger partial charge in [0, 0.05) is 32.4 Å². The minimum absolute atomic E-state index is 0.0441. The predicted octanol–water partition coefficient (Wildman–Crippen LogP) is 1.88. The molecule has 1 aliphatic rings. The smallest absolute Gasteiger partial charge is 0.261 e. The number of para-hydroxylation sites is 1. The Morgan fingerprint density at radius 2 is 1.90 bits per heavy atom. The van der Waals surface area contributed by atoms with Gasteiger partial charge >= 0.3 is 0 Å². The zero-order chi connectivity index (χ0) is 20.7. The molecule has 3 heterocycles. The van der Waals surface area contributed by atoms with E-state index in [1.165, 1.54) is 15.5 Å². The topological polar surface area (TPSA) is 77.2 Å². The first-order chi connectivity index (χ1) is 13.9. The van der Waals surface area contributed by atoms with Crippen molar-refractivity contribution in [2.24, 2.45) is 13.0 Å². The number of hydrogen-bond donors (Lipinski definition) is 0. The Balaban J connectivity index is 1.70. The molecule has 0 N–H and O–H groups in total. The second kappa shape index (κ2) is 7.31. The molecule has 3 aromatic rings. The van der Waals surface area contributed by atoms with E-state index in [2.05, 4.69) is 4.98 Å². The molecule has 0 spiro atoms. The number of carbonyl (C=O) groups is 1. The van der Waals surface area contributed by atoms with Gasteiger partial charge in [0.2, 0.25) is 5.91 Å². The Hall–Kier alpha value is -3.22. The highest BCUT2D eigenvalue weighted by atomic mass is 16.2. The molecule has 1 unspecified atom stereocenters. The quantitative estimate of drug-likeness (QED) is 0.682.